The van der Waals surface area contributed by atoms with E-state index in [0.29, 0.717) is 67.4 Å². The molecule has 0 unspecified atom stereocenters. The Balaban J connectivity index is 0.000000118. The minimum atomic E-state index is -0.563. The molecule has 22 heteroatoms. The van der Waals surface area contributed by atoms with Crippen molar-refractivity contribution in [1.29, 1.82) is 0 Å². The van der Waals surface area contributed by atoms with Gasteiger partial charge in [-0.15, -0.1) is 20.4 Å². The average Bonchev–Trinajstić information content (AvgIpc) is 4.15. The molecular formula is C48H48BBrCl2F2N12O4. The number of aryl methyl sites for hydroxylation is 2. The third-order valence-corrected chi connectivity index (χ3v) is 15.7. The molecule has 5 aliphatic rings. The van der Waals surface area contributed by atoms with Gasteiger partial charge in [0.1, 0.15) is 34.8 Å². The summed E-state index contributed by atoms with van der Waals surface area (Å²) in [5, 5.41) is 39.8. The van der Waals surface area contributed by atoms with Crippen LogP contribution >= 0.6 is 39.1 Å². The van der Waals surface area contributed by atoms with Crippen LogP contribution in [0.15, 0.2) is 41.1 Å². The summed E-state index contributed by atoms with van der Waals surface area (Å²) in [6.45, 7) is 21.2. The molecule has 0 spiro atoms. The molecular weight excluding hydrogens is 1010 g/mol. The van der Waals surface area contributed by atoms with Gasteiger partial charge in [0.2, 0.25) is 0 Å². The van der Waals surface area contributed by atoms with Gasteiger partial charge in [0.05, 0.1) is 107 Å². The smallest absolute Gasteiger partial charge is 0.492 e. The number of nitrogens with one attached hydrogen (secondary N) is 4. The number of rotatable bonds is 2. The Hall–Kier alpha value is -5.80. The lowest BCUT2D eigenvalue weighted by Gasteiger charge is -2.36. The van der Waals surface area contributed by atoms with Gasteiger partial charge in [0.15, 0.2) is 11.6 Å². The van der Waals surface area contributed by atoms with Crippen LogP contribution in [-0.2, 0) is 33.2 Å². The fourth-order valence-corrected chi connectivity index (χ4v) is 11.0. The molecule has 4 N–H and O–H groups in total. The van der Waals surface area contributed by atoms with Crippen LogP contribution in [0.4, 0.5) is 20.2 Å². The van der Waals surface area contributed by atoms with Crippen molar-refractivity contribution in [3.8, 4) is 34.0 Å². The number of aromatic nitrogens is 10. The van der Waals surface area contributed by atoms with Gasteiger partial charge in [-0.1, -0.05) is 23.2 Å². The van der Waals surface area contributed by atoms with Gasteiger partial charge in [0.25, 0.3) is 0 Å². The second kappa shape index (κ2) is 16.1. The fourth-order valence-electron chi connectivity index (χ4n) is 9.78. The highest BCUT2D eigenvalue weighted by atomic mass is 79.9. The number of fused-ring (bicyclic) bond motifs is 12. The highest BCUT2D eigenvalue weighted by molar-refractivity contribution is 9.10. The molecule has 0 amide bonds. The third-order valence-electron chi connectivity index (χ3n) is 14.0. The number of nitrogens with zero attached hydrogens (tertiary/aromatic N) is 8. The Morgan fingerprint density at radius 1 is 0.657 bits per heavy atom. The first-order valence-electron chi connectivity index (χ1n) is 22.8. The number of hydrogen-bond acceptors (Lipinski definition) is 12. The van der Waals surface area contributed by atoms with Crippen LogP contribution in [0.25, 0.3) is 44.3 Å². The molecule has 0 atom stereocenters. The Morgan fingerprint density at radius 2 is 1.14 bits per heavy atom. The molecule has 4 aromatic heterocycles. The van der Waals surface area contributed by atoms with Crippen LogP contribution < -0.4 is 25.6 Å². The zero-order valence-electron chi connectivity index (χ0n) is 40.0. The third kappa shape index (κ3) is 7.10. The van der Waals surface area contributed by atoms with Crippen molar-refractivity contribution >= 4 is 84.9 Å². The van der Waals surface area contributed by atoms with E-state index in [-0.39, 0.29) is 17.2 Å². The van der Waals surface area contributed by atoms with Crippen molar-refractivity contribution < 1.29 is 27.6 Å². The lowest BCUT2D eigenvalue weighted by Crippen LogP contribution is -2.41. The highest BCUT2D eigenvalue weighted by Crippen LogP contribution is 2.54. The number of ether oxygens (including phenoxy) is 2. The molecule has 13 rings (SSSR count). The SMILES string of the molecule is CC1(C)OB(c2cc(F)c3cn[nH]c3c2)OC1(C)C.Cc1nnc2n1-c1c(Cl)c(-c3cc(F)c4cn[nH]c4c3)c3c(c1NC2(C)C)CCO3.Cc1nnc2n1-c1c(Cl)c(Br)c3c(c1NC2(C)C)CCO3. The van der Waals surface area contributed by atoms with Gasteiger partial charge in [-0.3, -0.25) is 19.3 Å². The van der Waals surface area contributed by atoms with E-state index in [1.165, 1.54) is 24.5 Å². The Labute approximate surface area is 419 Å². The molecule has 0 radical (unpaired) electrons. The van der Waals surface area contributed by atoms with E-state index in [2.05, 4.69) is 95.0 Å². The van der Waals surface area contributed by atoms with Gasteiger partial charge in [0, 0.05) is 29.5 Å². The van der Waals surface area contributed by atoms with Crippen molar-refractivity contribution in [3.05, 3.63) is 97.2 Å². The monoisotopic (exact) mass is 1050 g/mol. The molecule has 0 saturated carbocycles. The predicted octanol–water partition coefficient (Wildman–Crippen LogP) is 10.1. The van der Waals surface area contributed by atoms with Crippen molar-refractivity contribution in [3.63, 3.8) is 0 Å². The van der Waals surface area contributed by atoms with Crippen LogP contribution in [0.5, 0.6) is 11.5 Å². The maximum absolute atomic E-state index is 14.8. The Kier molecular flexibility index (Phi) is 10.7. The second-order valence-corrected chi connectivity index (χ2v) is 21.6. The summed E-state index contributed by atoms with van der Waals surface area (Å²) in [5.41, 5.74) is 7.40. The van der Waals surface area contributed by atoms with Crippen LogP contribution in [0.3, 0.4) is 0 Å². The molecule has 1 fully saturated rings. The van der Waals surface area contributed by atoms with Gasteiger partial charge in [-0.05, 0) is 120 Å². The summed E-state index contributed by atoms with van der Waals surface area (Å²) in [4.78, 5) is 0. The summed E-state index contributed by atoms with van der Waals surface area (Å²) >= 11 is 17.2. The zero-order valence-corrected chi connectivity index (χ0v) is 43.1. The minimum Gasteiger partial charge on any atom is -0.492 e. The fraction of sp³-hybridized carbons (Fsp3) is 0.375. The molecule has 5 aliphatic heterocycles. The summed E-state index contributed by atoms with van der Waals surface area (Å²) in [5.74, 6) is 4.05. The molecule has 0 aliphatic carbocycles. The first-order chi connectivity index (χ1) is 33.1. The first kappa shape index (κ1) is 46.6. The lowest BCUT2D eigenvalue weighted by atomic mass is 9.78. The predicted molar refractivity (Wildman–Crippen MR) is 268 cm³/mol. The number of aromatic amines is 2. The molecule has 362 valence electrons. The van der Waals surface area contributed by atoms with E-state index in [0.717, 1.165) is 80.2 Å². The summed E-state index contributed by atoms with van der Waals surface area (Å²) < 4.78 is 57.1. The molecule has 16 nitrogen and oxygen atoms in total. The number of hydrogen-bond donors (Lipinski definition) is 4. The molecule has 1 saturated heterocycles. The quantitative estimate of drug-likeness (QED) is 0.121. The molecule has 9 heterocycles. The number of anilines is 2. The highest BCUT2D eigenvalue weighted by Gasteiger charge is 2.52. The van der Waals surface area contributed by atoms with Crippen molar-refractivity contribution in [2.45, 2.75) is 104 Å². The van der Waals surface area contributed by atoms with E-state index in [4.69, 9.17) is 42.0 Å². The van der Waals surface area contributed by atoms with Gasteiger partial charge in [-0.25, -0.2) is 8.78 Å². The van der Waals surface area contributed by atoms with Gasteiger partial charge in [-0.2, -0.15) is 10.2 Å². The van der Waals surface area contributed by atoms with Crippen molar-refractivity contribution in [2.24, 2.45) is 0 Å². The van der Waals surface area contributed by atoms with E-state index in [1.807, 2.05) is 62.8 Å². The van der Waals surface area contributed by atoms with Crippen molar-refractivity contribution in [1.82, 2.24) is 49.9 Å². The average molecular weight is 1060 g/mol. The van der Waals surface area contributed by atoms with Gasteiger partial charge < -0.3 is 29.4 Å². The maximum atomic E-state index is 14.8. The minimum absolute atomic E-state index is 0.318. The van der Waals surface area contributed by atoms with Crippen molar-refractivity contribution in [2.75, 3.05) is 23.8 Å². The Bertz CT molecular complexity index is 3480. The maximum Gasteiger partial charge on any atom is 0.495 e. The molecule has 0 bridgehead atoms. The lowest BCUT2D eigenvalue weighted by molar-refractivity contribution is 0.00578. The van der Waals surface area contributed by atoms with Crippen LogP contribution in [0.1, 0.15) is 89.8 Å². The standard InChI is InChI=1S/C21H18ClFN6O.C14H14BrClN4O.C13H16BFN2O2/c1-9-26-28-20-21(2,3)25-17-11-4-5-30-19(11)15(16(22)18(17)29(9)20)10-6-13(23)12-8-24-27-14(12)7-10;1-6-18-19-13-14(2,3)17-10-7-4-5-21-12(7)8(15)9(16)11(10)20(6)13;1-12(2)13(3,4)19-14(18-12)8-5-10(15)9-7-16-17-11(9)6-8/h6-8,25H,4-5H2,1-3H3,(H,24,27);17H,4-5H2,1-3H3;5-7H,1-4H3,(H,16,17). The van der Waals surface area contributed by atoms with E-state index < -0.39 is 23.9 Å². The van der Waals surface area contributed by atoms with E-state index in [1.54, 1.807) is 0 Å². The van der Waals surface area contributed by atoms with E-state index in [9.17, 15) is 8.78 Å². The number of benzene rings is 4. The van der Waals surface area contributed by atoms with Crippen LogP contribution in [-0.4, -0.2) is 81.5 Å². The summed E-state index contributed by atoms with van der Waals surface area (Å²) in [7, 11) is -0.563. The largest absolute Gasteiger partial charge is 0.495 e. The van der Waals surface area contributed by atoms with Crippen LogP contribution in [0, 0.1) is 25.5 Å². The molecule has 4 aromatic carbocycles. The topological polar surface area (TPSA) is 180 Å². The summed E-state index contributed by atoms with van der Waals surface area (Å²) in [6, 6.07) is 6.59. The molecule has 70 heavy (non-hydrogen) atoms. The number of halogens is 5. The second-order valence-electron chi connectivity index (χ2n) is 20.1. The van der Waals surface area contributed by atoms with Crippen LogP contribution in [0.2, 0.25) is 10.0 Å². The normalized spacial score (nSPS) is 17.9. The first-order valence-corrected chi connectivity index (χ1v) is 24.3. The zero-order chi connectivity index (χ0) is 49.6. The summed E-state index contributed by atoms with van der Waals surface area (Å²) in [6.07, 6.45) is 4.55. The molecule has 8 aromatic rings. The Morgan fingerprint density at radius 3 is 1.70 bits per heavy atom. The van der Waals surface area contributed by atoms with Gasteiger partial charge >= 0.3 is 7.12 Å². The number of H-pyrrole nitrogens is 2. The van der Waals surface area contributed by atoms with E-state index >= 15 is 0 Å².